The van der Waals surface area contributed by atoms with E-state index in [1.54, 1.807) is 18.2 Å². The lowest BCUT2D eigenvalue weighted by Gasteiger charge is -2.22. The molecule has 1 aromatic carbocycles. The van der Waals surface area contributed by atoms with Gasteiger partial charge in [0.1, 0.15) is 6.04 Å². The summed E-state index contributed by atoms with van der Waals surface area (Å²) < 4.78 is 10.6. The van der Waals surface area contributed by atoms with Crippen molar-refractivity contribution >= 4 is 11.9 Å². The normalized spacial score (nSPS) is 17.6. The van der Waals surface area contributed by atoms with Crippen molar-refractivity contribution in [1.82, 2.24) is 4.90 Å². The van der Waals surface area contributed by atoms with Crippen molar-refractivity contribution in [3.8, 4) is 11.5 Å². The van der Waals surface area contributed by atoms with Gasteiger partial charge >= 0.3 is 5.97 Å². The second-order valence-corrected chi connectivity index (χ2v) is 4.79. The van der Waals surface area contributed by atoms with E-state index in [9.17, 15) is 9.59 Å². The number of carboxylic acids is 1. The summed E-state index contributed by atoms with van der Waals surface area (Å²) in [6.45, 7) is 2.76. The summed E-state index contributed by atoms with van der Waals surface area (Å²) in [7, 11) is 1.53. The molecule has 21 heavy (non-hydrogen) atoms. The molecule has 1 aliphatic rings. The molecule has 0 bridgehead atoms. The van der Waals surface area contributed by atoms with Crippen molar-refractivity contribution in [3.63, 3.8) is 0 Å². The Morgan fingerprint density at radius 1 is 1.38 bits per heavy atom. The number of carbonyl (C=O) groups is 2. The number of ether oxygens (including phenoxy) is 2. The number of hydrogen-bond donors (Lipinski definition) is 1. The monoisotopic (exact) mass is 293 g/mol. The Morgan fingerprint density at radius 3 is 2.76 bits per heavy atom. The highest BCUT2D eigenvalue weighted by molar-refractivity contribution is 5.97. The average molecular weight is 293 g/mol. The van der Waals surface area contributed by atoms with Crippen LogP contribution in [-0.4, -0.2) is 48.2 Å². The van der Waals surface area contributed by atoms with Gasteiger partial charge in [0.2, 0.25) is 0 Å². The van der Waals surface area contributed by atoms with Gasteiger partial charge in [-0.05, 0) is 38.0 Å². The first-order chi connectivity index (χ1) is 10.1. The van der Waals surface area contributed by atoms with Gasteiger partial charge in [0.05, 0.1) is 13.7 Å². The molecule has 6 heteroatoms. The zero-order chi connectivity index (χ0) is 15.4. The molecule has 0 unspecified atom stereocenters. The van der Waals surface area contributed by atoms with Crippen LogP contribution in [0.4, 0.5) is 0 Å². The summed E-state index contributed by atoms with van der Waals surface area (Å²) in [4.78, 5) is 25.1. The molecule has 1 aromatic rings. The van der Waals surface area contributed by atoms with E-state index in [0.717, 1.165) is 0 Å². The van der Waals surface area contributed by atoms with Crippen molar-refractivity contribution in [2.45, 2.75) is 25.8 Å². The fourth-order valence-corrected chi connectivity index (χ4v) is 2.51. The first-order valence-corrected chi connectivity index (χ1v) is 6.93. The van der Waals surface area contributed by atoms with Gasteiger partial charge in [-0.2, -0.15) is 0 Å². The first kappa shape index (κ1) is 15.2. The molecule has 1 heterocycles. The zero-order valence-corrected chi connectivity index (χ0v) is 12.2. The summed E-state index contributed by atoms with van der Waals surface area (Å²) in [6.07, 6.45) is 1.20. The van der Waals surface area contributed by atoms with E-state index in [-0.39, 0.29) is 5.91 Å². The highest BCUT2D eigenvalue weighted by atomic mass is 16.5. The molecule has 0 aliphatic carbocycles. The standard InChI is InChI=1S/C15H19NO5/c1-3-21-13-9-10(6-7-12(13)20-2)14(17)16-8-4-5-11(16)15(18)19/h6-7,9,11H,3-5,8H2,1-2H3,(H,18,19)/t11-/m1/s1. The molecule has 6 nitrogen and oxygen atoms in total. The lowest BCUT2D eigenvalue weighted by atomic mass is 10.1. The highest BCUT2D eigenvalue weighted by Crippen LogP contribution is 2.29. The molecule has 0 aromatic heterocycles. The minimum absolute atomic E-state index is 0.288. The maximum atomic E-state index is 12.5. The summed E-state index contributed by atoms with van der Waals surface area (Å²) in [5.41, 5.74) is 0.410. The fourth-order valence-electron chi connectivity index (χ4n) is 2.51. The molecule has 1 atom stereocenters. The summed E-state index contributed by atoms with van der Waals surface area (Å²) >= 11 is 0. The molecular formula is C15H19NO5. The Labute approximate surface area is 123 Å². The summed E-state index contributed by atoms with van der Waals surface area (Å²) in [6, 6.07) is 4.14. The van der Waals surface area contributed by atoms with E-state index in [0.29, 0.717) is 43.1 Å². The molecule has 0 radical (unpaired) electrons. The molecule has 0 saturated carbocycles. The van der Waals surface area contributed by atoms with Crippen LogP contribution in [0, 0.1) is 0 Å². The third-order valence-electron chi connectivity index (χ3n) is 3.51. The number of carboxylic acid groups (broad SMARTS) is 1. The second-order valence-electron chi connectivity index (χ2n) is 4.79. The van der Waals surface area contributed by atoms with E-state index in [4.69, 9.17) is 14.6 Å². The average Bonchev–Trinajstić information content (AvgIpc) is 2.96. The van der Waals surface area contributed by atoms with E-state index in [1.807, 2.05) is 6.92 Å². The van der Waals surface area contributed by atoms with E-state index in [2.05, 4.69) is 0 Å². The number of nitrogens with zero attached hydrogens (tertiary/aromatic N) is 1. The maximum absolute atomic E-state index is 12.5. The molecule has 1 N–H and O–H groups in total. The number of methoxy groups -OCH3 is 1. The maximum Gasteiger partial charge on any atom is 0.326 e. The lowest BCUT2D eigenvalue weighted by molar-refractivity contribution is -0.141. The Bertz CT molecular complexity index is 543. The minimum atomic E-state index is -0.959. The fraction of sp³-hybridized carbons (Fsp3) is 0.467. The van der Waals surface area contributed by atoms with Crippen LogP contribution in [0.1, 0.15) is 30.1 Å². The summed E-state index contributed by atoms with van der Waals surface area (Å²) in [5, 5.41) is 9.16. The van der Waals surface area contributed by atoms with Crippen LogP contribution in [-0.2, 0) is 4.79 Å². The molecule has 114 valence electrons. The van der Waals surface area contributed by atoms with Crippen molar-refractivity contribution < 1.29 is 24.2 Å². The van der Waals surface area contributed by atoms with Gasteiger partial charge in [0.25, 0.3) is 5.91 Å². The van der Waals surface area contributed by atoms with Gasteiger partial charge in [-0.3, -0.25) is 4.79 Å². The number of benzene rings is 1. The van der Waals surface area contributed by atoms with Crippen molar-refractivity contribution in [2.24, 2.45) is 0 Å². The third-order valence-corrected chi connectivity index (χ3v) is 3.51. The lowest BCUT2D eigenvalue weighted by Crippen LogP contribution is -2.40. The third kappa shape index (κ3) is 3.09. The van der Waals surface area contributed by atoms with E-state index < -0.39 is 12.0 Å². The second kappa shape index (κ2) is 6.47. The SMILES string of the molecule is CCOc1cc(C(=O)N2CCC[C@@H]2C(=O)O)ccc1OC. The zero-order valence-electron chi connectivity index (χ0n) is 12.2. The predicted molar refractivity (Wildman–Crippen MR) is 75.9 cm³/mol. The van der Waals surface area contributed by atoms with Crippen LogP contribution in [0.5, 0.6) is 11.5 Å². The minimum Gasteiger partial charge on any atom is -0.493 e. The highest BCUT2D eigenvalue weighted by Gasteiger charge is 2.34. The van der Waals surface area contributed by atoms with Gasteiger partial charge in [0.15, 0.2) is 11.5 Å². The van der Waals surface area contributed by atoms with Gasteiger partial charge in [-0.25, -0.2) is 4.79 Å². The smallest absolute Gasteiger partial charge is 0.326 e. The van der Waals surface area contributed by atoms with Crippen molar-refractivity contribution in [1.29, 1.82) is 0 Å². The van der Waals surface area contributed by atoms with E-state index in [1.165, 1.54) is 12.0 Å². The van der Waals surface area contributed by atoms with Gasteiger partial charge in [0, 0.05) is 12.1 Å². The first-order valence-electron chi connectivity index (χ1n) is 6.93. The molecule has 1 aliphatic heterocycles. The van der Waals surface area contributed by atoms with Gasteiger partial charge < -0.3 is 19.5 Å². The van der Waals surface area contributed by atoms with Crippen LogP contribution in [0.15, 0.2) is 18.2 Å². The Morgan fingerprint density at radius 2 is 2.14 bits per heavy atom. The summed E-state index contributed by atoms with van der Waals surface area (Å²) in [5.74, 6) is -0.218. The van der Waals surface area contributed by atoms with E-state index >= 15 is 0 Å². The number of rotatable bonds is 5. The largest absolute Gasteiger partial charge is 0.493 e. The predicted octanol–water partition coefficient (Wildman–Crippen LogP) is 1.78. The van der Waals surface area contributed by atoms with Crippen LogP contribution in [0.3, 0.4) is 0 Å². The Kier molecular flexibility index (Phi) is 4.67. The Hall–Kier alpha value is -2.24. The molecule has 0 spiro atoms. The van der Waals surface area contributed by atoms with Crippen LogP contribution < -0.4 is 9.47 Å². The molecule has 1 fully saturated rings. The Balaban J connectivity index is 2.26. The molecule has 1 saturated heterocycles. The number of carbonyl (C=O) groups excluding carboxylic acids is 1. The molecule has 1 amide bonds. The number of hydrogen-bond acceptors (Lipinski definition) is 4. The van der Waals surface area contributed by atoms with Gasteiger partial charge in [-0.15, -0.1) is 0 Å². The number of amides is 1. The molecule has 2 rings (SSSR count). The molecular weight excluding hydrogens is 274 g/mol. The van der Waals surface area contributed by atoms with Crippen LogP contribution in [0.25, 0.3) is 0 Å². The van der Waals surface area contributed by atoms with Crippen molar-refractivity contribution in [2.75, 3.05) is 20.3 Å². The number of likely N-dealkylation sites (tertiary alicyclic amines) is 1. The number of aliphatic carboxylic acids is 1. The topological polar surface area (TPSA) is 76.1 Å². The van der Waals surface area contributed by atoms with Crippen LogP contribution >= 0.6 is 0 Å². The van der Waals surface area contributed by atoms with Crippen LogP contribution in [0.2, 0.25) is 0 Å². The van der Waals surface area contributed by atoms with Gasteiger partial charge in [-0.1, -0.05) is 0 Å². The quantitative estimate of drug-likeness (QED) is 0.895. The van der Waals surface area contributed by atoms with Crippen molar-refractivity contribution in [3.05, 3.63) is 23.8 Å².